The van der Waals surface area contributed by atoms with Gasteiger partial charge in [-0.1, -0.05) is 52.0 Å². The van der Waals surface area contributed by atoms with Crippen LogP contribution in [0, 0.1) is 22.7 Å². The van der Waals surface area contributed by atoms with E-state index in [2.05, 4.69) is 39.8 Å². The van der Waals surface area contributed by atoms with E-state index in [4.69, 9.17) is 0 Å². The third kappa shape index (κ3) is 2.68. The van der Waals surface area contributed by atoms with Crippen molar-refractivity contribution in [2.45, 2.75) is 72.3 Å². The number of nitrogens with zero attached hydrogens (tertiary/aromatic N) is 1. The Hall–Kier alpha value is -1.36. The first-order valence-electron chi connectivity index (χ1n) is 10.6. The summed E-state index contributed by atoms with van der Waals surface area (Å²) in [5, 5.41) is 0. The summed E-state index contributed by atoms with van der Waals surface area (Å²) in [7, 11) is -3.55. The fourth-order valence-corrected chi connectivity index (χ4v) is 8.93. The Morgan fingerprint density at radius 2 is 1.82 bits per heavy atom. The molecule has 0 aromatic heterocycles. The topological polar surface area (TPSA) is 54.5 Å². The highest BCUT2D eigenvalue weighted by Crippen LogP contribution is 2.70. The lowest BCUT2D eigenvalue weighted by Gasteiger charge is -2.37. The third-order valence-electron chi connectivity index (χ3n) is 8.12. The molecule has 3 fully saturated rings. The Balaban J connectivity index is 1.61. The monoisotopic (exact) mass is 403 g/mol. The fraction of sp³-hybridized carbons (Fsp3) is 0.696. The van der Waals surface area contributed by atoms with E-state index in [9.17, 15) is 13.2 Å². The second-order valence-corrected chi connectivity index (χ2v) is 12.2. The maximum Gasteiger partial charge on any atom is 0.243 e. The number of benzene rings is 1. The maximum atomic E-state index is 13.4. The van der Waals surface area contributed by atoms with E-state index in [0.29, 0.717) is 11.8 Å². The second kappa shape index (κ2) is 6.32. The number of hydrogen-bond acceptors (Lipinski definition) is 3. The smallest absolute Gasteiger partial charge is 0.243 e. The summed E-state index contributed by atoms with van der Waals surface area (Å²) >= 11 is 0. The molecule has 1 aromatic rings. The Labute approximate surface area is 169 Å². The van der Waals surface area contributed by atoms with Gasteiger partial charge in [0.1, 0.15) is 0 Å². The van der Waals surface area contributed by atoms with Gasteiger partial charge in [0.15, 0.2) is 0 Å². The van der Waals surface area contributed by atoms with Crippen LogP contribution in [0.4, 0.5) is 0 Å². The molecule has 4 rings (SSSR count). The molecule has 1 heterocycles. The van der Waals surface area contributed by atoms with Gasteiger partial charge in [0.05, 0.1) is 17.7 Å². The first-order chi connectivity index (χ1) is 13.0. The molecule has 2 bridgehead atoms. The number of hydrogen-bond donors (Lipinski definition) is 0. The summed E-state index contributed by atoms with van der Waals surface area (Å²) < 4.78 is 27.5. The first-order valence-corrected chi connectivity index (χ1v) is 12.3. The molecule has 1 aliphatic heterocycles. The minimum Gasteiger partial charge on any atom is -0.273 e. The molecule has 1 amide bonds. The highest BCUT2D eigenvalue weighted by atomic mass is 32.2. The summed E-state index contributed by atoms with van der Waals surface area (Å²) in [5.74, 6) is 0.549. The molecule has 2 aliphatic carbocycles. The van der Waals surface area contributed by atoms with Crippen molar-refractivity contribution < 1.29 is 13.2 Å². The van der Waals surface area contributed by atoms with Crippen LogP contribution < -0.4 is 0 Å². The largest absolute Gasteiger partial charge is 0.273 e. The minimum absolute atomic E-state index is 0.0124. The molecule has 3 aliphatic rings. The van der Waals surface area contributed by atoms with Crippen molar-refractivity contribution in [3.8, 4) is 0 Å². The Bertz CT molecular complexity index is 887. The average Bonchev–Trinajstić information content (AvgIpc) is 3.08. The number of carbonyl (C=O) groups excluding carboxylic acids is 1. The van der Waals surface area contributed by atoms with Crippen LogP contribution in [-0.2, 0) is 21.2 Å². The zero-order valence-corrected chi connectivity index (χ0v) is 18.6. The van der Waals surface area contributed by atoms with E-state index >= 15 is 0 Å². The van der Waals surface area contributed by atoms with Gasteiger partial charge >= 0.3 is 0 Å². The molecule has 0 N–H and O–H groups in total. The van der Waals surface area contributed by atoms with Crippen LogP contribution in [0.25, 0.3) is 0 Å². The van der Waals surface area contributed by atoms with Crippen molar-refractivity contribution in [1.29, 1.82) is 0 Å². The molecule has 1 spiro atoms. The highest BCUT2D eigenvalue weighted by Gasteiger charge is 2.72. The lowest BCUT2D eigenvalue weighted by molar-refractivity contribution is -0.130. The Kier molecular flexibility index (Phi) is 4.50. The molecule has 0 radical (unpaired) electrons. The van der Waals surface area contributed by atoms with Gasteiger partial charge in [-0.15, -0.1) is 0 Å². The summed E-state index contributed by atoms with van der Waals surface area (Å²) in [5.41, 5.74) is 1.88. The zero-order valence-electron chi connectivity index (χ0n) is 17.7. The van der Waals surface area contributed by atoms with E-state index in [1.165, 1.54) is 9.87 Å². The number of fused-ring (bicyclic) bond motifs is 1. The molecule has 28 heavy (non-hydrogen) atoms. The second-order valence-electron chi connectivity index (χ2n) is 10.3. The predicted molar refractivity (Wildman–Crippen MR) is 111 cm³/mol. The molecule has 1 saturated heterocycles. The first kappa shape index (κ1) is 19.9. The van der Waals surface area contributed by atoms with Gasteiger partial charge in [-0.2, -0.15) is 0 Å². The van der Waals surface area contributed by atoms with Gasteiger partial charge < -0.3 is 0 Å². The van der Waals surface area contributed by atoms with Gasteiger partial charge in [0.2, 0.25) is 15.9 Å². The highest BCUT2D eigenvalue weighted by molar-refractivity contribution is 7.90. The van der Waals surface area contributed by atoms with Crippen LogP contribution in [0.15, 0.2) is 24.3 Å². The van der Waals surface area contributed by atoms with Crippen LogP contribution in [0.5, 0.6) is 0 Å². The van der Waals surface area contributed by atoms with E-state index in [-0.39, 0.29) is 28.5 Å². The predicted octanol–water partition coefficient (Wildman–Crippen LogP) is 4.36. The van der Waals surface area contributed by atoms with Crippen LogP contribution in [0.3, 0.4) is 0 Å². The average molecular weight is 404 g/mol. The number of rotatable bonds is 4. The summed E-state index contributed by atoms with van der Waals surface area (Å²) in [6, 6.07) is 7.97. The normalized spacial score (nSPS) is 33.3. The molecular formula is C23H33NO3S. The maximum absolute atomic E-state index is 13.4. The van der Waals surface area contributed by atoms with Crippen molar-refractivity contribution in [3.05, 3.63) is 35.4 Å². The van der Waals surface area contributed by atoms with Crippen molar-refractivity contribution in [2.24, 2.45) is 22.7 Å². The molecule has 2 saturated carbocycles. The Morgan fingerprint density at radius 3 is 2.39 bits per heavy atom. The van der Waals surface area contributed by atoms with Gasteiger partial charge in [-0.05, 0) is 61.0 Å². The fourth-order valence-electron chi connectivity index (χ4n) is 6.33. The molecular weight excluding hydrogens is 370 g/mol. The summed E-state index contributed by atoms with van der Waals surface area (Å²) in [6.07, 6.45) is 3.85. The molecule has 154 valence electrons. The van der Waals surface area contributed by atoms with Crippen LogP contribution in [-0.4, -0.2) is 30.4 Å². The van der Waals surface area contributed by atoms with Crippen molar-refractivity contribution in [1.82, 2.24) is 4.31 Å². The van der Waals surface area contributed by atoms with Crippen molar-refractivity contribution in [2.75, 3.05) is 5.75 Å². The zero-order chi connectivity index (χ0) is 20.5. The molecule has 5 heteroatoms. The molecule has 4 atom stereocenters. The molecule has 0 unspecified atom stereocenters. The Morgan fingerprint density at radius 1 is 1.18 bits per heavy atom. The van der Waals surface area contributed by atoms with Gasteiger partial charge in [0, 0.05) is 5.41 Å². The van der Waals surface area contributed by atoms with Gasteiger partial charge in [0.25, 0.3) is 0 Å². The van der Waals surface area contributed by atoms with Gasteiger partial charge in [-0.3, -0.25) is 4.79 Å². The van der Waals surface area contributed by atoms with Gasteiger partial charge in [-0.25, -0.2) is 12.7 Å². The number of carbonyl (C=O) groups is 1. The SMILES string of the molecule is CC(C)Cc1ccc([C@H](C)C(=O)N2[C@@H]3C[C@H]4CC[C@]3(CS2(=O)=O)C4(C)C)cc1. The van der Waals surface area contributed by atoms with Crippen molar-refractivity contribution >= 4 is 15.9 Å². The molecule has 4 nitrogen and oxygen atoms in total. The number of sulfonamides is 1. The summed E-state index contributed by atoms with van der Waals surface area (Å²) in [4.78, 5) is 13.4. The van der Waals surface area contributed by atoms with Crippen LogP contribution in [0.1, 0.15) is 70.9 Å². The third-order valence-corrected chi connectivity index (χ3v) is 10.0. The van der Waals surface area contributed by atoms with Crippen LogP contribution >= 0.6 is 0 Å². The van der Waals surface area contributed by atoms with E-state index in [1.807, 2.05) is 19.1 Å². The lowest BCUT2D eigenvalue weighted by atomic mass is 9.69. The van der Waals surface area contributed by atoms with E-state index in [1.54, 1.807) is 0 Å². The standard InChI is InChI=1S/C23H33NO3S/c1-15(2)12-17-6-8-18(9-7-17)16(3)21(25)24-20-13-19-10-11-23(20,22(19,4)5)14-28(24,26)27/h6-9,15-16,19-20H,10-14H2,1-5H3/t16-,19+,20+,23+/m0/s1. The summed E-state index contributed by atoms with van der Waals surface area (Å²) in [6.45, 7) is 10.6. The van der Waals surface area contributed by atoms with Crippen LogP contribution in [0.2, 0.25) is 0 Å². The van der Waals surface area contributed by atoms with Crippen molar-refractivity contribution in [3.63, 3.8) is 0 Å². The quantitative estimate of drug-likeness (QED) is 0.751. The number of amides is 1. The minimum atomic E-state index is -3.55. The lowest BCUT2D eigenvalue weighted by Crippen LogP contribution is -2.45. The molecule has 1 aromatic carbocycles. The van der Waals surface area contributed by atoms with E-state index in [0.717, 1.165) is 31.2 Å². The van der Waals surface area contributed by atoms with E-state index < -0.39 is 15.9 Å².